The van der Waals surface area contributed by atoms with Crippen LogP contribution in [0.3, 0.4) is 0 Å². The van der Waals surface area contributed by atoms with Gasteiger partial charge in [-0.15, -0.1) is 10.2 Å². The topological polar surface area (TPSA) is 119 Å². The molecule has 0 bridgehead atoms. The van der Waals surface area contributed by atoms with Gasteiger partial charge in [0.2, 0.25) is 5.78 Å². The van der Waals surface area contributed by atoms with Crippen LogP contribution in [0.25, 0.3) is 16.7 Å². The van der Waals surface area contributed by atoms with E-state index in [0.717, 1.165) is 11.1 Å². The van der Waals surface area contributed by atoms with Crippen molar-refractivity contribution in [2.24, 2.45) is 0 Å². The van der Waals surface area contributed by atoms with E-state index in [1.54, 1.807) is 46.9 Å². The van der Waals surface area contributed by atoms with Crippen molar-refractivity contribution in [2.75, 3.05) is 7.11 Å². The van der Waals surface area contributed by atoms with Crippen molar-refractivity contribution in [3.05, 3.63) is 112 Å². The van der Waals surface area contributed by atoms with E-state index in [1.807, 2.05) is 30.3 Å². The third kappa shape index (κ3) is 4.82. The lowest BCUT2D eigenvalue weighted by atomic mass is 10.1. The van der Waals surface area contributed by atoms with Crippen LogP contribution in [0.5, 0.6) is 0 Å². The summed E-state index contributed by atoms with van der Waals surface area (Å²) in [5.74, 6) is -0.935. The highest BCUT2D eigenvalue weighted by atomic mass is 16.7. The number of hydrogen-bond donors (Lipinski definition) is 1. The highest BCUT2D eigenvalue weighted by Crippen LogP contribution is 2.18. The minimum absolute atomic E-state index is 0.0792. The van der Waals surface area contributed by atoms with Crippen LogP contribution in [0.4, 0.5) is 0 Å². The summed E-state index contributed by atoms with van der Waals surface area (Å²) in [6.45, 7) is 0.446. The molecule has 5 aromatic rings. The Bertz CT molecular complexity index is 1660. The highest BCUT2D eigenvalue weighted by Gasteiger charge is 2.19. The monoisotopic (exact) mass is 497 g/mol. The number of fused-ring (bicyclic) bond motifs is 3. The Balaban J connectivity index is 1.52. The molecule has 5 rings (SSSR count). The molecule has 0 aliphatic rings. The maximum Gasteiger partial charge on any atom is 0.307 e. The van der Waals surface area contributed by atoms with E-state index in [-0.39, 0.29) is 31.0 Å². The van der Waals surface area contributed by atoms with E-state index in [9.17, 15) is 14.4 Å². The van der Waals surface area contributed by atoms with E-state index >= 15 is 0 Å². The van der Waals surface area contributed by atoms with Gasteiger partial charge in [-0.25, -0.2) is 5.06 Å². The second-order valence-corrected chi connectivity index (χ2v) is 8.52. The minimum Gasteiger partial charge on any atom is -0.481 e. The summed E-state index contributed by atoms with van der Waals surface area (Å²) < 4.78 is 3.18. The van der Waals surface area contributed by atoms with Gasteiger partial charge in [0.05, 0.1) is 37.5 Å². The van der Waals surface area contributed by atoms with Crippen LogP contribution in [-0.4, -0.2) is 48.3 Å². The van der Waals surface area contributed by atoms with Gasteiger partial charge in [-0.2, -0.15) is 0 Å². The fourth-order valence-electron chi connectivity index (χ4n) is 4.24. The molecule has 0 spiro atoms. The Morgan fingerprint density at radius 3 is 2.41 bits per heavy atom. The number of aliphatic carboxylic acids is 1. The third-order valence-electron chi connectivity index (χ3n) is 6.08. The van der Waals surface area contributed by atoms with Crippen molar-refractivity contribution in [3.63, 3.8) is 0 Å². The van der Waals surface area contributed by atoms with Gasteiger partial charge < -0.3 is 5.11 Å². The number of rotatable bonds is 8. The lowest BCUT2D eigenvalue weighted by Gasteiger charge is -2.20. The van der Waals surface area contributed by atoms with E-state index < -0.39 is 5.97 Å². The van der Waals surface area contributed by atoms with Crippen molar-refractivity contribution < 1.29 is 19.5 Å². The third-order valence-corrected chi connectivity index (χ3v) is 6.08. The van der Waals surface area contributed by atoms with Crippen molar-refractivity contribution in [3.8, 4) is 0 Å². The largest absolute Gasteiger partial charge is 0.481 e. The average molecular weight is 498 g/mol. The molecule has 1 amide bonds. The Kier molecular flexibility index (Phi) is 6.48. The molecule has 3 aromatic carbocycles. The van der Waals surface area contributed by atoms with Gasteiger partial charge in [-0.3, -0.25) is 28.2 Å². The van der Waals surface area contributed by atoms with E-state index in [1.165, 1.54) is 23.1 Å². The molecule has 0 saturated heterocycles. The molecule has 0 fully saturated rings. The summed E-state index contributed by atoms with van der Waals surface area (Å²) in [7, 11) is 1.43. The number of hydrogen-bond acceptors (Lipinski definition) is 6. The molecule has 186 valence electrons. The highest BCUT2D eigenvalue weighted by molar-refractivity contribution is 5.97. The van der Waals surface area contributed by atoms with Crippen LogP contribution < -0.4 is 5.56 Å². The molecule has 0 atom stereocenters. The van der Waals surface area contributed by atoms with Gasteiger partial charge in [0.1, 0.15) is 6.33 Å². The first kappa shape index (κ1) is 23.9. The maximum atomic E-state index is 13.6. The van der Waals surface area contributed by atoms with Crippen LogP contribution in [0.15, 0.2) is 83.9 Å². The van der Waals surface area contributed by atoms with Crippen molar-refractivity contribution in [1.29, 1.82) is 0 Å². The van der Waals surface area contributed by atoms with Crippen LogP contribution in [-0.2, 0) is 29.1 Å². The first-order valence-electron chi connectivity index (χ1n) is 11.5. The van der Waals surface area contributed by atoms with Crippen LogP contribution in [0.2, 0.25) is 0 Å². The number of carbonyl (C=O) groups excluding carboxylic acids is 1. The molecule has 37 heavy (non-hydrogen) atoms. The maximum absolute atomic E-state index is 13.6. The summed E-state index contributed by atoms with van der Waals surface area (Å²) in [5.41, 5.74) is 2.91. The number of aromatic nitrogens is 4. The van der Waals surface area contributed by atoms with Gasteiger partial charge in [-0.05, 0) is 34.9 Å². The van der Waals surface area contributed by atoms with E-state index in [2.05, 4.69) is 10.2 Å². The molecule has 0 unspecified atom stereocenters. The number of hydroxylamine groups is 2. The smallest absolute Gasteiger partial charge is 0.307 e. The summed E-state index contributed by atoms with van der Waals surface area (Å²) in [6, 6.07) is 21.4. The Hall–Kier alpha value is -4.83. The van der Waals surface area contributed by atoms with Gasteiger partial charge in [-0.1, -0.05) is 54.6 Å². The number of benzene rings is 3. The number of amides is 1. The van der Waals surface area contributed by atoms with Crippen molar-refractivity contribution in [1.82, 2.24) is 24.2 Å². The van der Waals surface area contributed by atoms with Crippen LogP contribution >= 0.6 is 0 Å². The number of carboxylic acids is 1. The Labute approximate surface area is 210 Å². The van der Waals surface area contributed by atoms with Gasteiger partial charge in [0, 0.05) is 5.56 Å². The molecule has 0 aliphatic heterocycles. The quantitative estimate of drug-likeness (QED) is 0.328. The molecular weight excluding hydrogens is 474 g/mol. The van der Waals surface area contributed by atoms with E-state index in [4.69, 9.17) is 9.94 Å². The number of nitrogens with zero attached hydrogens (tertiary/aromatic N) is 5. The normalized spacial score (nSPS) is 11.2. The van der Waals surface area contributed by atoms with Crippen molar-refractivity contribution >= 4 is 28.6 Å². The zero-order chi connectivity index (χ0) is 25.9. The molecule has 2 aromatic heterocycles. The zero-order valence-corrected chi connectivity index (χ0v) is 19.9. The van der Waals surface area contributed by atoms with Gasteiger partial charge in [0.25, 0.3) is 11.5 Å². The minimum atomic E-state index is -0.912. The van der Waals surface area contributed by atoms with Crippen LogP contribution in [0, 0.1) is 0 Å². The summed E-state index contributed by atoms with van der Waals surface area (Å²) in [6.07, 6.45) is 1.44. The summed E-state index contributed by atoms with van der Waals surface area (Å²) in [4.78, 5) is 43.2. The summed E-state index contributed by atoms with van der Waals surface area (Å²) in [5, 5.41) is 18.7. The second kappa shape index (κ2) is 10.0. The van der Waals surface area contributed by atoms with Gasteiger partial charge in [0.15, 0.2) is 0 Å². The SMILES string of the molecule is CON(Cc1ccccc1)C(=O)c1ccc2c(c1)c(=O)n(Cc1ccc(CC(=O)O)cc1)c1nncn21. The summed E-state index contributed by atoms with van der Waals surface area (Å²) >= 11 is 0. The molecule has 0 aliphatic carbocycles. The fourth-order valence-corrected chi connectivity index (χ4v) is 4.24. The molecule has 10 heteroatoms. The predicted molar refractivity (Wildman–Crippen MR) is 135 cm³/mol. The molecular formula is C27H23N5O5. The first-order valence-corrected chi connectivity index (χ1v) is 11.5. The molecule has 0 radical (unpaired) electrons. The standard InChI is InChI=1S/C27H23N5O5/c1-37-32(16-19-5-3-2-4-6-19)25(35)21-11-12-23-22(14-21)26(36)30(27-29-28-17-31(23)27)15-20-9-7-18(8-10-20)13-24(33)34/h2-12,14,17H,13,15-16H2,1H3,(H,33,34). The number of carboxylic acid groups (broad SMARTS) is 1. The molecule has 10 nitrogen and oxygen atoms in total. The number of carbonyl (C=O) groups is 2. The van der Waals surface area contributed by atoms with E-state index in [0.29, 0.717) is 27.8 Å². The first-order chi connectivity index (χ1) is 17.9. The second-order valence-electron chi connectivity index (χ2n) is 8.52. The van der Waals surface area contributed by atoms with Gasteiger partial charge >= 0.3 is 5.97 Å². The molecule has 2 heterocycles. The van der Waals surface area contributed by atoms with Crippen LogP contribution in [0.1, 0.15) is 27.0 Å². The zero-order valence-electron chi connectivity index (χ0n) is 19.9. The van der Waals surface area contributed by atoms with Crippen molar-refractivity contribution in [2.45, 2.75) is 19.5 Å². The lowest BCUT2D eigenvalue weighted by Crippen LogP contribution is -2.30. The fraction of sp³-hybridized carbons (Fsp3) is 0.148. The molecule has 1 N–H and O–H groups in total. The average Bonchev–Trinajstić information content (AvgIpc) is 3.40. The Morgan fingerprint density at radius 1 is 0.973 bits per heavy atom. The molecule has 0 saturated carbocycles. The Morgan fingerprint density at radius 2 is 1.70 bits per heavy atom. The predicted octanol–water partition coefficient (Wildman–Crippen LogP) is 2.92. The lowest BCUT2D eigenvalue weighted by molar-refractivity contribution is -0.136.